The summed E-state index contributed by atoms with van der Waals surface area (Å²) in [7, 11) is -1.96. The lowest BCUT2D eigenvalue weighted by atomic mass is 10.3. The lowest BCUT2D eigenvalue weighted by Crippen LogP contribution is -2.27. The van der Waals surface area contributed by atoms with Crippen LogP contribution >= 0.6 is 39.9 Å². The molecule has 0 atom stereocenters. The molecule has 0 saturated carbocycles. The first-order valence-electron chi connectivity index (χ1n) is 5.17. The Hall–Kier alpha value is 0.0800. The average Bonchev–Trinajstić information content (AvgIpc) is 2.22. The van der Waals surface area contributed by atoms with Gasteiger partial charge in [0.25, 0.3) is 0 Å². The highest BCUT2D eigenvalue weighted by Gasteiger charge is 2.21. The number of sulfonamides is 1. The monoisotopic (exact) mass is 394 g/mol. The summed E-state index contributed by atoms with van der Waals surface area (Å²) in [5.74, 6) is -0.596. The summed E-state index contributed by atoms with van der Waals surface area (Å²) in [5, 5.41) is 2.75. The quantitative estimate of drug-likeness (QED) is 0.727. The predicted octanol–water partition coefficient (Wildman–Crippen LogP) is 2.55. The second-order valence-corrected chi connectivity index (χ2v) is 6.52. The van der Waals surface area contributed by atoms with E-state index >= 15 is 0 Å². The zero-order valence-electron chi connectivity index (χ0n) is 10.0. The largest absolute Gasteiger partial charge is 0.320 e. The second-order valence-electron chi connectivity index (χ2n) is 3.55. The highest BCUT2D eigenvalue weighted by atomic mass is 79.9. The van der Waals surface area contributed by atoms with Crippen LogP contribution in [-0.2, 0) is 10.0 Å². The normalized spacial score (nSPS) is 11.2. The molecule has 0 radical (unpaired) electrons. The number of nitrogens with one attached hydrogen (secondary N) is 2. The van der Waals surface area contributed by atoms with Crippen LogP contribution in [0.1, 0.15) is 6.42 Å². The van der Waals surface area contributed by atoms with Crippen LogP contribution < -0.4 is 10.0 Å². The lowest BCUT2D eigenvalue weighted by Gasteiger charge is -2.10. The Morgan fingerprint density at radius 3 is 2.53 bits per heavy atom. The van der Waals surface area contributed by atoms with E-state index in [9.17, 15) is 12.8 Å². The van der Waals surface area contributed by atoms with Crippen LogP contribution in [0.3, 0.4) is 0 Å². The van der Waals surface area contributed by atoms with Crippen molar-refractivity contribution in [1.29, 1.82) is 0 Å². The highest BCUT2D eigenvalue weighted by Crippen LogP contribution is 2.30. The Morgan fingerprint density at radius 2 is 2.00 bits per heavy atom. The van der Waals surface area contributed by atoms with E-state index in [-0.39, 0.29) is 33.3 Å². The molecule has 0 heterocycles. The molecule has 9 heteroatoms. The minimum absolute atomic E-state index is 0. The molecule has 1 aromatic carbocycles. The fourth-order valence-corrected chi connectivity index (χ4v) is 4.21. The van der Waals surface area contributed by atoms with E-state index < -0.39 is 15.8 Å². The lowest BCUT2D eigenvalue weighted by molar-refractivity contribution is 0.576. The molecule has 0 bridgehead atoms. The Balaban J connectivity index is 0.00000324. The Bertz CT molecular complexity index is 505. The van der Waals surface area contributed by atoms with Crippen molar-refractivity contribution in [2.75, 3.05) is 20.1 Å². The fourth-order valence-electron chi connectivity index (χ4n) is 1.33. The predicted molar refractivity (Wildman–Crippen MR) is 80.1 cm³/mol. The van der Waals surface area contributed by atoms with E-state index in [1.54, 1.807) is 7.05 Å². The fraction of sp³-hybridized carbons (Fsp3) is 0.400. The molecule has 1 aromatic rings. The number of benzene rings is 1. The first-order valence-corrected chi connectivity index (χ1v) is 7.82. The van der Waals surface area contributed by atoms with Crippen molar-refractivity contribution in [3.63, 3.8) is 0 Å². The molecule has 0 aliphatic carbocycles. The van der Waals surface area contributed by atoms with E-state index in [1.165, 1.54) is 0 Å². The maximum atomic E-state index is 13.0. The molecule has 0 spiro atoms. The van der Waals surface area contributed by atoms with Crippen molar-refractivity contribution in [3.05, 3.63) is 27.4 Å². The van der Waals surface area contributed by atoms with Gasteiger partial charge in [-0.15, -0.1) is 12.4 Å². The van der Waals surface area contributed by atoms with Crippen LogP contribution in [-0.4, -0.2) is 28.6 Å². The summed E-state index contributed by atoms with van der Waals surface area (Å²) in [6, 6.07) is 2.03. The van der Waals surface area contributed by atoms with Crippen molar-refractivity contribution in [2.24, 2.45) is 0 Å². The Kier molecular flexibility index (Phi) is 8.42. The molecule has 0 unspecified atom stereocenters. The molecule has 0 aliphatic heterocycles. The third-order valence-electron chi connectivity index (χ3n) is 2.13. The smallest absolute Gasteiger partial charge is 0.243 e. The zero-order chi connectivity index (χ0) is 13.8. The summed E-state index contributed by atoms with van der Waals surface area (Å²) in [6.45, 7) is 0.976. The first kappa shape index (κ1) is 19.1. The second kappa shape index (κ2) is 8.39. The summed E-state index contributed by atoms with van der Waals surface area (Å²) in [6.07, 6.45) is 0.645. The Labute approximate surface area is 131 Å². The van der Waals surface area contributed by atoms with Gasteiger partial charge >= 0.3 is 0 Å². The Morgan fingerprint density at radius 1 is 1.37 bits per heavy atom. The van der Waals surface area contributed by atoms with Crippen LogP contribution in [0.25, 0.3) is 0 Å². The van der Waals surface area contributed by atoms with Crippen molar-refractivity contribution in [1.82, 2.24) is 10.0 Å². The zero-order valence-corrected chi connectivity index (χ0v) is 14.0. The molecule has 0 amide bonds. The van der Waals surface area contributed by atoms with Gasteiger partial charge < -0.3 is 5.32 Å². The van der Waals surface area contributed by atoms with Crippen molar-refractivity contribution < 1.29 is 12.8 Å². The maximum absolute atomic E-state index is 13.0. The van der Waals surface area contributed by atoms with E-state index in [1.807, 2.05) is 0 Å². The van der Waals surface area contributed by atoms with Gasteiger partial charge in [0, 0.05) is 11.0 Å². The molecule has 4 nitrogen and oxygen atoms in total. The summed E-state index contributed by atoms with van der Waals surface area (Å²) in [5.41, 5.74) is 0. The van der Waals surface area contributed by atoms with Crippen LogP contribution in [0.2, 0.25) is 5.02 Å². The molecular formula is C10H14BrCl2FN2O2S. The van der Waals surface area contributed by atoms with Gasteiger partial charge in [-0.3, -0.25) is 0 Å². The maximum Gasteiger partial charge on any atom is 0.243 e. The van der Waals surface area contributed by atoms with Crippen molar-refractivity contribution >= 4 is 50.0 Å². The van der Waals surface area contributed by atoms with Crippen LogP contribution in [0.15, 0.2) is 21.5 Å². The van der Waals surface area contributed by atoms with E-state index in [4.69, 9.17) is 11.6 Å². The minimum Gasteiger partial charge on any atom is -0.320 e. The molecule has 19 heavy (non-hydrogen) atoms. The standard InChI is InChI=1S/C10H13BrClFN2O2S.ClH/c1-14-3-2-4-15-18(16,17)10-8(11)5-7(13)6-9(10)12;/h5-6,14-15H,2-4H2,1H3;1H. The minimum atomic E-state index is -3.74. The molecule has 110 valence electrons. The van der Waals surface area contributed by atoms with Gasteiger partial charge in [-0.2, -0.15) is 0 Å². The van der Waals surface area contributed by atoms with Gasteiger partial charge in [0.05, 0.1) is 5.02 Å². The van der Waals surface area contributed by atoms with Gasteiger partial charge in [0.1, 0.15) is 10.7 Å². The van der Waals surface area contributed by atoms with Gasteiger partial charge in [-0.05, 0) is 48.1 Å². The number of hydrogen-bond acceptors (Lipinski definition) is 3. The van der Waals surface area contributed by atoms with Crippen molar-refractivity contribution in [3.8, 4) is 0 Å². The third kappa shape index (κ3) is 5.53. The summed E-state index contributed by atoms with van der Waals surface area (Å²) >= 11 is 8.76. The molecule has 1 rings (SSSR count). The summed E-state index contributed by atoms with van der Waals surface area (Å²) < 4.78 is 39.5. The molecule has 0 aliphatic rings. The van der Waals surface area contributed by atoms with Crippen molar-refractivity contribution in [2.45, 2.75) is 11.3 Å². The first-order chi connectivity index (χ1) is 8.38. The van der Waals surface area contributed by atoms with E-state index in [0.29, 0.717) is 13.0 Å². The SMILES string of the molecule is CNCCCNS(=O)(=O)c1c(Cl)cc(F)cc1Br.Cl. The highest BCUT2D eigenvalue weighted by molar-refractivity contribution is 9.10. The number of halogens is 4. The van der Waals surface area contributed by atoms with E-state index in [0.717, 1.165) is 12.1 Å². The third-order valence-corrected chi connectivity index (χ3v) is 4.99. The average molecular weight is 396 g/mol. The topological polar surface area (TPSA) is 58.2 Å². The van der Waals surface area contributed by atoms with Gasteiger partial charge in [0.2, 0.25) is 10.0 Å². The molecule has 2 N–H and O–H groups in total. The van der Waals surface area contributed by atoms with Gasteiger partial charge in [-0.1, -0.05) is 11.6 Å². The van der Waals surface area contributed by atoms with Gasteiger partial charge in [-0.25, -0.2) is 17.5 Å². The number of hydrogen-bond donors (Lipinski definition) is 2. The van der Waals surface area contributed by atoms with Crippen LogP contribution in [0.4, 0.5) is 4.39 Å². The molecule has 0 saturated heterocycles. The molecule has 0 fully saturated rings. The number of rotatable bonds is 6. The van der Waals surface area contributed by atoms with Gasteiger partial charge in [0.15, 0.2) is 0 Å². The van der Waals surface area contributed by atoms with Crippen LogP contribution in [0.5, 0.6) is 0 Å². The molecule has 0 aromatic heterocycles. The van der Waals surface area contributed by atoms with E-state index in [2.05, 4.69) is 26.0 Å². The molecular weight excluding hydrogens is 382 g/mol. The van der Waals surface area contributed by atoms with Crippen LogP contribution in [0, 0.1) is 5.82 Å². The summed E-state index contributed by atoms with van der Waals surface area (Å²) in [4.78, 5) is -0.143.